The van der Waals surface area contributed by atoms with Gasteiger partial charge >= 0.3 is 0 Å². The first-order valence-electron chi connectivity index (χ1n) is 9.39. The molecule has 0 unspecified atom stereocenters. The number of ether oxygens (including phenoxy) is 1. The number of anilines is 1. The van der Waals surface area contributed by atoms with Gasteiger partial charge in [0.05, 0.1) is 11.5 Å². The van der Waals surface area contributed by atoms with Crippen molar-refractivity contribution in [1.29, 1.82) is 0 Å². The Morgan fingerprint density at radius 1 is 0.926 bits per heavy atom. The van der Waals surface area contributed by atoms with Crippen LogP contribution in [0.2, 0.25) is 0 Å². The van der Waals surface area contributed by atoms with Gasteiger partial charge in [0.1, 0.15) is 5.75 Å². The Hall–Kier alpha value is -2.05. The van der Waals surface area contributed by atoms with Crippen LogP contribution < -0.4 is 9.64 Å². The minimum atomic E-state index is -3.49. The van der Waals surface area contributed by atoms with Gasteiger partial charge in [-0.2, -0.15) is 4.31 Å². The van der Waals surface area contributed by atoms with E-state index in [-0.39, 0.29) is 0 Å². The minimum Gasteiger partial charge on any atom is -0.494 e. The molecule has 2 aromatic carbocycles. The molecular weight excluding hydrogens is 360 g/mol. The number of hydrogen-bond acceptors (Lipinski definition) is 4. The Morgan fingerprint density at radius 2 is 1.56 bits per heavy atom. The number of hydrogen-bond donors (Lipinski definition) is 0. The van der Waals surface area contributed by atoms with Crippen LogP contribution in [0.1, 0.15) is 23.6 Å². The van der Waals surface area contributed by atoms with Gasteiger partial charge in [-0.25, -0.2) is 8.42 Å². The minimum absolute atomic E-state index is 0.337. The lowest BCUT2D eigenvalue weighted by Crippen LogP contribution is -2.49. The highest BCUT2D eigenvalue weighted by Gasteiger charge is 2.29. The summed E-state index contributed by atoms with van der Waals surface area (Å²) in [6, 6.07) is 11.4. The molecule has 27 heavy (non-hydrogen) atoms. The van der Waals surface area contributed by atoms with Gasteiger partial charge in [0.15, 0.2) is 0 Å². The van der Waals surface area contributed by atoms with Crippen LogP contribution in [0.25, 0.3) is 0 Å². The highest BCUT2D eigenvalue weighted by molar-refractivity contribution is 7.89. The van der Waals surface area contributed by atoms with Crippen molar-refractivity contribution in [3.63, 3.8) is 0 Å². The molecule has 1 fully saturated rings. The van der Waals surface area contributed by atoms with Crippen LogP contribution in [0, 0.1) is 20.8 Å². The molecule has 6 heteroatoms. The molecule has 0 radical (unpaired) electrons. The highest BCUT2D eigenvalue weighted by Crippen LogP contribution is 2.28. The number of benzene rings is 2. The molecule has 0 aliphatic carbocycles. The molecule has 2 aromatic rings. The van der Waals surface area contributed by atoms with E-state index in [0.29, 0.717) is 37.7 Å². The number of para-hydroxylation sites is 1. The van der Waals surface area contributed by atoms with Crippen LogP contribution in [0.3, 0.4) is 0 Å². The van der Waals surface area contributed by atoms with Crippen molar-refractivity contribution >= 4 is 15.7 Å². The molecule has 0 atom stereocenters. The number of nitrogens with zero attached hydrogens (tertiary/aromatic N) is 2. The van der Waals surface area contributed by atoms with Crippen molar-refractivity contribution in [1.82, 2.24) is 4.31 Å². The summed E-state index contributed by atoms with van der Waals surface area (Å²) in [6.45, 7) is 10.9. The summed E-state index contributed by atoms with van der Waals surface area (Å²) in [4.78, 5) is 2.63. The molecule has 5 nitrogen and oxygen atoms in total. The smallest absolute Gasteiger partial charge is 0.243 e. The first kappa shape index (κ1) is 19.7. The van der Waals surface area contributed by atoms with Gasteiger partial charge in [-0.3, -0.25) is 0 Å². The van der Waals surface area contributed by atoms with Crippen LogP contribution in [0.5, 0.6) is 5.75 Å². The maximum Gasteiger partial charge on any atom is 0.243 e. The van der Waals surface area contributed by atoms with Crippen LogP contribution in [-0.4, -0.2) is 45.5 Å². The topological polar surface area (TPSA) is 49.9 Å². The third kappa shape index (κ3) is 3.96. The summed E-state index contributed by atoms with van der Waals surface area (Å²) in [5, 5.41) is 0. The first-order chi connectivity index (χ1) is 12.8. The Balaban J connectivity index is 1.76. The fourth-order valence-electron chi connectivity index (χ4n) is 3.71. The van der Waals surface area contributed by atoms with Crippen LogP contribution in [0.4, 0.5) is 5.69 Å². The van der Waals surface area contributed by atoms with Crippen molar-refractivity contribution in [2.24, 2.45) is 0 Å². The lowest BCUT2D eigenvalue weighted by Gasteiger charge is -2.37. The quantitative estimate of drug-likeness (QED) is 0.786. The zero-order valence-electron chi connectivity index (χ0n) is 16.5. The van der Waals surface area contributed by atoms with E-state index in [9.17, 15) is 8.42 Å². The molecule has 1 saturated heterocycles. The SMILES string of the molecule is CCOc1ccc(S(=O)(=O)N2CCN(c3c(C)cccc3C)CC2)cc1C. The summed E-state index contributed by atoms with van der Waals surface area (Å²) < 4.78 is 33.2. The highest BCUT2D eigenvalue weighted by atomic mass is 32.2. The number of aryl methyl sites for hydroxylation is 3. The van der Waals surface area contributed by atoms with E-state index in [1.54, 1.807) is 22.5 Å². The predicted molar refractivity (Wildman–Crippen MR) is 109 cm³/mol. The van der Waals surface area contributed by atoms with Gasteiger partial charge in [-0.15, -0.1) is 0 Å². The second-order valence-corrected chi connectivity index (χ2v) is 8.93. The number of piperazine rings is 1. The predicted octanol–water partition coefficient (Wildman–Crippen LogP) is 3.52. The van der Waals surface area contributed by atoms with Crippen molar-refractivity contribution < 1.29 is 13.2 Å². The maximum absolute atomic E-state index is 13.1. The van der Waals surface area contributed by atoms with E-state index in [4.69, 9.17) is 4.74 Å². The molecule has 1 aliphatic heterocycles. The van der Waals surface area contributed by atoms with Gasteiger partial charge in [0.2, 0.25) is 10.0 Å². The molecule has 0 aromatic heterocycles. The fraction of sp³-hybridized carbons (Fsp3) is 0.429. The largest absolute Gasteiger partial charge is 0.494 e. The summed E-state index contributed by atoms with van der Waals surface area (Å²) in [5.74, 6) is 0.733. The molecule has 0 saturated carbocycles. The normalized spacial score (nSPS) is 15.8. The van der Waals surface area contributed by atoms with E-state index < -0.39 is 10.0 Å². The molecule has 0 spiro atoms. The van der Waals surface area contributed by atoms with Gasteiger partial charge < -0.3 is 9.64 Å². The van der Waals surface area contributed by atoms with Crippen molar-refractivity contribution in [3.8, 4) is 5.75 Å². The maximum atomic E-state index is 13.1. The zero-order valence-corrected chi connectivity index (χ0v) is 17.3. The Kier molecular flexibility index (Phi) is 5.77. The van der Waals surface area contributed by atoms with Crippen LogP contribution in [0.15, 0.2) is 41.3 Å². The second-order valence-electron chi connectivity index (χ2n) is 6.99. The number of rotatable bonds is 5. The standard InChI is InChI=1S/C21H28N2O3S/c1-5-26-20-10-9-19(15-18(20)4)27(24,25)23-13-11-22(12-14-23)21-16(2)7-6-8-17(21)3/h6-10,15H,5,11-14H2,1-4H3. The van der Waals surface area contributed by atoms with E-state index in [1.165, 1.54) is 16.8 Å². The van der Waals surface area contributed by atoms with E-state index >= 15 is 0 Å². The third-order valence-electron chi connectivity index (χ3n) is 5.08. The third-order valence-corrected chi connectivity index (χ3v) is 6.97. The average Bonchev–Trinajstić information content (AvgIpc) is 2.64. The van der Waals surface area contributed by atoms with Crippen molar-refractivity contribution in [3.05, 3.63) is 53.1 Å². The van der Waals surface area contributed by atoms with Crippen LogP contribution >= 0.6 is 0 Å². The summed E-state index contributed by atoms with van der Waals surface area (Å²) >= 11 is 0. The van der Waals surface area contributed by atoms with Crippen molar-refractivity contribution in [2.45, 2.75) is 32.6 Å². The van der Waals surface area contributed by atoms with Gasteiger partial charge in [0, 0.05) is 31.9 Å². The lowest BCUT2D eigenvalue weighted by atomic mass is 10.1. The molecule has 0 bridgehead atoms. The first-order valence-corrected chi connectivity index (χ1v) is 10.8. The second kappa shape index (κ2) is 7.90. The molecule has 0 N–H and O–H groups in total. The van der Waals surface area contributed by atoms with E-state index in [1.807, 2.05) is 13.8 Å². The Labute approximate surface area is 162 Å². The number of sulfonamides is 1. The van der Waals surface area contributed by atoms with E-state index in [0.717, 1.165) is 11.3 Å². The van der Waals surface area contributed by atoms with Gasteiger partial charge in [-0.1, -0.05) is 18.2 Å². The molecule has 0 amide bonds. The molecule has 1 heterocycles. The molecule has 1 aliphatic rings. The summed E-state index contributed by atoms with van der Waals surface area (Å²) in [6.07, 6.45) is 0. The van der Waals surface area contributed by atoms with Crippen LogP contribution in [-0.2, 0) is 10.0 Å². The summed E-state index contributed by atoms with van der Waals surface area (Å²) in [5.41, 5.74) is 4.53. The Bertz CT molecular complexity index is 897. The monoisotopic (exact) mass is 388 g/mol. The average molecular weight is 389 g/mol. The molecule has 3 rings (SSSR count). The molecule has 146 valence electrons. The van der Waals surface area contributed by atoms with Crippen molar-refractivity contribution in [2.75, 3.05) is 37.7 Å². The van der Waals surface area contributed by atoms with Gasteiger partial charge in [-0.05, 0) is 62.6 Å². The van der Waals surface area contributed by atoms with E-state index in [2.05, 4.69) is 36.9 Å². The Morgan fingerprint density at radius 3 is 2.11 bits per heavy atom. The summed E-state index contributed by atoms with van der Waals surface area (Å²) in [7, 11) is -3.49. The van der Waals surface area contributed by atoms with Gasteiger partial charge in [0.25, 0.3) is 0 Å². The molecular formula is C21H28N2O3S. The fourth-order valence-corrected chi connectivity index (χ4v) is 5.21. The zero-order chi connectivity index (χ0) is 19.6. The lowest BCUT2D eigenvalue weighted by molar-refractivity contribution is 0.337.